The fourth-order valence-corrected chi connectivity index (χ4v) is 2.38. The highest BCUT2D eigenvalue weighted by atomic mass is 79.9. The van der Waals surface area contributed by atoms with Crippen molar-refractivity contribution in [2.24, 2.45) is 5.10 Å². The number of carbonyl (C=O) groups is 1. The van der Waals surface area contributed by atoms with Crippen LogP contribution in [0.5, 0.6) is 5.75 Å². The Morgan fingerprint density at radius 3 is 2.68 bits per heavy atom. The van der Waals surface area contributed by atoms with Gasteiger partial charge in [-0.3, -0.25) is 14.9 Å². The molecule has 0 heterocycles. The van der Waals surface area contributed by atoms with Gasteiger partial charge in [0.15, 0.2) is 0 Å². The number of aromatic hydroxyl groups is 1. The lowest BCUT2D eigenvalue weighted by molar-refractivity contribution is -0.386. The summed E-state index contributed by atoms with van der Waals surface area (Å²) in [5.74, 6) is -0.878. The van der Waals surface area contributed by atoms with E-state index in [9.17, 15) is 20.0 Å². The zero-order valence-electron chi connectivity index (χ0n) is 12.6. The summed E-state index contributed by atoms with van der Waals surface area (Å²) in [5, 5.41) is 27.6. The molecule has 0 spiro atoms. The number of hydrogen-bond acceptors (Lipinski definition) is 6. The molecular formula is C15H12BrClN4O4. The number of nitro benzene ring substituents is 1. The standard InChI is InChI=1S/C15H12BrClN4O4/c16-12-5-9(6-13(15(12)23)21(24)25)7-19-20-14(22)8-18-11-3-1-10(17)2-4-11/h1-7,18,23H,8H2,(H,20,22). The van der Waals surface area contributed by atoms with Gasteiger partial charge in [-0.05, 0) is 46.3 Å². The molecule has 0 atom stereocenters. The normalized spacial score (nSPS) is 10.6. The molecule has 0 aromatic heterocycles. The van der Waals surface area contributed by atoms with Crippen LogP contribution in [0.1, 0.15) is 5.56 Å². The Kier molecular flexibility index (Phi) is 6.31. The minimum atomic E-state index is -0.716. The van der Waals surface area contributed by atoms with E-state index >= 15 is 0 Å². The van der Waals surface area contributed by atoms with E-state index in [0.717, 1.165) is 11.8 Å². The first-order chi connectivity index (χ1) is 11.9. The van der Waals surface area contributed by atoms with Gasteiger partial charge in [0.1, 0.15) is 0 Å². The monoisotopic (exact) mass is 426 g/mol. The van der Waals surface area contributed by atoms with Gasteiger partial charge in [0.05, 0.1) is 22.2 Å². The number of nitro groups is 1. The second-order valence-electron chi connectivity index (χ2n) is 4.78. The van der Waals surface area contributed by atoms with Gasteiger partial charge in [-0.2, -0.15) is 5.10 Å². The fraction of sp³-hybridized carbons (Fsp3) is 0.0667. The predicted octanol–water partition coefficient (Wildman–Crippen LogP) is 3.28. The highest BCUT2D eigenvalue weighted by Gasteiger charge is 2.17. The van der Waals surface area contributed by atoms with Gasteiger partial charge in [0, 0.05) is 22.3 Å². The lowest BCUT2D eigenvalue weighted by Gasteiger charge is -2.05. The third-order valence-corrected chi connectivity index (χ3v) is 3.82. The Morgan fingerprint density at radius 2 is 2.04 bits per heavy atom. The largest absolute Gasteiger partial charge is 0.501 e. The maximum Gasteiger partial charge on any atom is 0.312 e. The number of amides is 1. The number of nitrogens with one attached hydrogen (secondary N) is 2. The molecule has 0 saturated heterocycles. The predicted molar refractivity (Wildman–Crippen MR) is 98.1 cm³/mol. The molecule has 0 aliphatic carbocycles. The summed E-state index contributed by atoms with van der Waals surface area (Å²) < 4.78 is 0.152. The van der Waals surface area contributed by atoms with Crippen LogP contribution in [0.2, 0.25) is 5.02 Å². The molecular weight excluding hydrogens is 416 g/mol. The Labute approximate surface area is 155 Å². The molecule has 25 heavy (non-hydrogen) atoms. The highest BCUT2D eigenvalue weighted by Crippen LogP contribution is 2.34. The number of hydrogen-bond donors (Lipinski definition) is 3. The Hall–Kier alpha value is -2.65. The Bertz CT molecular complexity index is 827. The maximum atomic E-state index is 11.7. The van der Waals surface area contributed by atoms with E-state index in [4.69, 9.17) is 11.6 Å². The van der Waals surface area contributed by atoms with Crippen LogP contribution in [0, 0.1) is 10.1 Å². The summed E-state index contributed by atoms with van der Waals surface area (Å²) in [6, 6.07) is 9.41. The first kappa shape index (κ1) is 18.7. The smallest absolute Gasteiger partial charge is 0.312 e. The van der Waals surface area contributed by atoms with Gasteiger partial charge in [-0.15, -0.1) is 0 Å². The fourth-order valence-electron chi connectivity index (χ4n) is 1.79. The molecule has 0 fully saturated rings. The number of hydrazone groups is 1. The van der Waals surface area contributed by atoms with Gasteiger partial charge in [-0.1, -0.05) is 11.6 Å². The van der Waals surface area contributed by atoms with E-state index in [1.807, 2.05) is 0 Å². The number of phenols is 1. The number of nitrogens with zero attached hydrogens (tertiary/aromatic N) is 2. The number of rotatable bonds is 6. The van der Waals surface area contributed by atoms with Crippen molar-refractivity contribution in [1.29, 1.82) is 0 Å². The lowest BCUT2D eigenvalue weighted by atomic mass is 10.2. The minimum absolute atomic E-state index is 0.0155. The van der Waals surface area contributed by atoms with Crippen molar-refractivity contribution < 1.29 is 14.8 Å². The van der Waals surface area contributed by atoms with Crippen LogP contribution < -0.4 is 10.7 Å². The zero-order chi connectivity index (χ0) is 18.4. The highest BCUT2D eigenvalue weighted by molar-refractivity contribution is 9.10. The number of anilines is 1. The number of carbonyl (C=O) groups excluding carboxylic acids is 1. The molecule has 0 aliphatic rings. The van der Waals surface area contributed by atoms with Crippen molar-refractivity contribution in [3.8, 4) is 5.75 Å². The number of phenolic OH excluding ortho intramolecular Hbond substituents is 1. The molecule has 0 aliphatic heterocycles. The molecule has 1 amide bonds. The van der Waals surface area contributed by atoms with Crippen LogP contribution in [-0.4, -0.2) is 28.7 Å². The molecule has 10 heteroatoms. The van der Waals surface area contributed by atoms with Crippen LogP contribution in [0.15, 0.2) is 46.0 Å². The summed E-state index contributed by atoms with van der Waals surface area (Å²) in [6.07, 6.45) is 1.23. The van der Waals surface area contributed by atoms with Crippen LogP contribution >= 0.6 is 27.5 Å². The zero-order valence-corrected chi connectivity index (χ0v) is 14.9. The number of benzene rings is 2. The van der Waals surface area contributed by atoms with Gasteiger partial charge in [0.25, 0.3) is 5.91 Å². The van der Waals surface area contributed by atoms with Crippen LogP contribution in [0.3, 0.4) is 0 Å². The molecule has 0 unspecified atom stereocenters. The maximum absolute atomic E-state index is 11.7. The summed E-state index contributed by atoms with van der Waals surface area (Å²) in [6.45, 7) is -0.0155. The van der Waals surface area contributed by atoms with Crippen molar-refractivity contribution in [2.45, 2.75) is 0 Å². The van der Waals surface area contributed by atoms with Gasteiger partial charge in [0.2, 0.25) is 5.75 Å². The van der Waals surface area contributed by atoms with Crippen LogP contribution in [0.25, 0.3) is 0 Å². The van der Waals surface area contributed by atoms with Crippen LogP contribution in [-0.2, 0) is 4.79 Å². The van der Waals surface area contributed by atoms with E-state index in [0.29, 0.717) is 10.6 Å². The van der Waals surface area contributed by atoms with E-state index in [2.05, 4.69) is 31.8 Å². The van der Waals surface area contributed by atoms with E-state index < -0.39 is 22.3 Å². The quantitative estimate of drug-likeness (QED) is 0.371. The second kappa shape index (κ2) is 8.45. The third kappa shape index (κ3) is 5.44. The summed E-state index contributed by atoms with van der Waals surface area (Å²) >= 11 is 8.78. The van der Waals surface area contributed by atoms with Crippen molar-refractivity contribution in [3.63, 3.8) is 0 Å². The van der Waals surface area contributed by atoms with Crippen molar-refractivity contribution >= 4 is 51.0 Å². The lowest BCUT2D eigenvalue weighted by Crippen LogP contribution is -2.25. The molecule has 0 radical (unpaired) electrons. The van der Waals surface area contributed by atoms with Gasteiger partial charge >= 0.3 is 5.69 Å². The minimum Gasteiger partial charge on any atom is -0.501 e. The van der Waals surface area contributed by atoms with E-state index in [1.54, 1.807) is 24.3 Å². The molecule has 0 bridgehead atoms. The topological polar surface area (TPSA) is 117 Å². The molecule has 0 saturated carbocycles. The molecule has 3 N–H and O–H groups in total. The summed E-state index contributed by atoms with van der Waals surface area (Å²) in [7, 11) is 0. The summed E-state index contributed by atoms with van der Waals surface area (Å²) in [4.78, 5) is 21.8. The van der Waals surface area contributed by atoms with Crippen molar-refractivity contribution in [3.05, 3.63) is 61.6 Å². The van der Waals surface area contributed by atoms with E-state index in [-0.39, 0.29) is 11.0 Å². The average molecular weight is 428 g/mol. The van der Waals surface area contributed by atoms with E-state index in [1.165, 1.54) is 12.3 Å². The first-order valence-electron chi connectivity index (χ1n) is 6.85. The van der Waals surface area contributed by atoms with Gasteiger partial charge in [-0.25, -0.2) is 5.43 Å². The van der Waals surface area contributed by atoms with Crippen molar-refractivity contribution in [2.75, 3.05) is 11.9 Å². The Morgan fingerprint density at radius 1 is 1.36 bits per heavy atom. The molecule has 2 aromatic carbocycles. The van der Waals surface area contributed by atoms with Crippen molar-refractivity contribution in [1.82, 2.24) is 5.43 Å². The third-order valence-electron chi connectivity index (χ3n) is 2.96. The SMILES string of the molecule is O=C(CNc1ccc(Cl)cc1)NN=Cc1cc(Br)c(O)c([N+](=O)[O-])c1. The Balaban J connectivity index is 1.93. The first-order valence-corrected chi connectivity index (χ1v) is 8.02. The number of halogens is 2. The van der Waals surface area contributed by atoms with Gasteiger partial charge < -0.3 is 10.4 Å². The second-order valence-corrected chi connectivity index (χ2v) is 6.07. The molecule has 130 valence electrons. The van der Waals surface area contributed by atoms with Crippen LogP contribution in [0.4, 0.5) is 11.4 Å². The molecule has 8 nitrogen and oxygen atoms in total. The molecule has 2 rings (SSSR count). The average Bonchev–Trinajstić information content (AvgIpc) is 2.57. The molecule has 2 aromatic rings. The summed E-state index contributed by atoms with van der Waals surface area (Å²) in [5.41, 5.74) is 2.88.